The van der Waals surface area contributed by atoms with E-state index < -0.39 is 17.5 Å². The number of rotatable bonds is 7. The van der Waals surface area contributed by atoms with Gasteiger partial charge in [-0.3, -0.25) is 0 Å². The largest absolute Gasteiger partial charge is 0.461 e. The highest BCUT2D eigenvalue weighted by molar-refractivity contribution is 6.03. The number of ether oxygens (including phenoxy) is 2. The van der Waals surface area contributed by atoms with Crippen molar-refractivity contribution in [3.63, 3.8) is 0 Å². The summed E-state index contributed by atoms with van der Waals surface area (Å²) < 4.78 is 24.4. The average Bonchev–Trinajstić information content (AvgIpc) is 3.29. The summed E-state index contributed by atoms with van der Waals surface area (Å²) in [7, 11) is 0. The number of fused-ring (bicyclic) bond motifs is 1. The molecule has 3 aliphatic rings. The Morgan fingerprint density at radius 2 is 2.00 bits per heavy atom. The summed E-state index contributed by atoms with van der Waals surface area (Å²) in [5, 5.41) is 4.31. The van der Waals surface area contributed by atoms with Crippen molar-refractivity contribution in [3.8, 4) is 0 Å². The highest BCUT2D eigenvalue weighted by atomic mass is 19.1. The van der Waals surface area contributed by atoms with E-state index >= 15 is 0 Å². The minimum Gasteiger partial charge on any atom is -0.461 e. The number of hydrogen-bond acceptors (Lipinski definition) is 8. The van der Waals surface area contributed by atoms with Crippen LogP contribution in [0.15, 0.2) is 77.3 Å². The molecule has 0 amide bonds. The highest BCUT2D eigenvalue weighted by Crippen LogP contribution is 2.41. The summed E-state index contributed by atoms with van der Waals surface area (Å²) >= 11 is 0. The van der Waals surface area contributed by atoms with Crippen LogP contribution in [0, 0.1) is 5.82 Å². The van der Waals surface area contributed by atoms with Gasteiger partial charge in [0.15, 0.2) is 5.84 Å². The zero-order valence-corrected chi connectivity index (χ0v) is 19.9. The van der Waals surface area contributed by atoms with Crippen LogP contribution in [0.4, 0.5) is 4.39 Å². The molecule has 0 saturated carbocycles. The molecule has 9 heteroatoms. The van der Waals surface area contributed by atoms with Crippen LogP contribution in [0.1, 0.15) is 25.3 Å². The number of nitrogens with two attached hydrogens (primary N) is 1. The van der Waals surface area contributed by atoms with Gasteiger partial charge in [0.2, 0.25) is 0 Å². The quantitative estimate of drug-likeness (QED) is 0.472. The van der Waals surface area contributed by atoms with Gasteiger partial charge in [0, 0.05) is 25.2 Å². The molecule has 1 aromatic rings. The summed E-state index contributed by atoms with van der Waals surface area (Å²) in [5.74, 6) is 0.214. The third-order valence-electron chi connectivity index (χ3n) is 6.20. The van der Waals surface area contributed by atoms with Gasteiger partial charge in [-0.1, -0.05) is 23.9 Å². The topological polar surface area (TPSA) is 89.6 Å². The number of benzene rings is 1. The second-order valence-corrected chi connectivity index (χ2v) is 8.36. The van der Waals surface area contributed by atoms with Crippen LogP contribution >= 0.6 is 0 Å². The third kappa shape index (κ3) is 4.95. The molecule has 2 saturated heterocycles. The zero-order chi connectivity index (χ0) is 24.8. The van der Waals surface area contributed by atoms with Gasteiger partial charge in [-0.2, -0.15) is 0 Å². The lowest BCUT2D eigenvalue weighted by atomic mass is 9.94. The van der Waals surface area contributed by atoms with E-state index in [0.29, 0.717) is 37.0 Å². The summed E-state index contributed by atoms with van der Waals surface area (Å²) in [5.41, 5.74) is 6.84. The molecule has 2 fully saturated rings. The van der Waals surface area contributed by atoms with Gasteiger partial charge in [-0.25, -0.2) is 9.18 Å². The lowest BCUT2D eigenvalue weighted by Crippen LogP contribution is -2.54. The number of carbonyl (C=O) groups is 1. The minimum atomic E-state index is -1.60. The van der Waals surface area contributed by atoms with Crippen molar-refractivity contribution in [1.29, 1.82) is 0 Å². The summed E-state index contributed by atoms with van der Waals surface area (Å²) in [4.78, 5) is 22.9. The van der Waals surface area contributed by atoms with Gasteiger partial charge in [0.05, 0.1) is 25.6 Å². The number of carbonyl (C=O) groups excluding carboxylic acids is 1. The Kier molecular flexibility index (Phi) is 7.55. The first-order valence-corrected chi connectivity index (χ1v) is 11.8. The van der Waals surface area contributed by atoms with Crippen LogP contribution in [-0.2, 0) is 24.8 Å². The fourth-order valence-electron chi connectivity index (χ4n) is 4.39. The van der Waals surface area contributed by atoms with Gasteiger partial charge in [0.1, 0.15) is 5.82 Å². The van der Waals surface area contributed by atoms with E-state index in [-0.39, 0.29) is 6.61 Å². The van der Waals surface area contributed by atoms with Crippen LogP contribution in [0.25, 0.3) is 0 Å². The number of esters is 1. The summed E-state index contributed by atoms with van der Waals surface area (Å²) in [6, 6.07) is 5.64. The van der Waals surface area contributed by atoms with Crippen molar-refractivity contribution in [2.24, 2.45) is 10.9 Å². The molecule has 3 aliphatic heterocycles. The Bertz CT molecular complexity index is 1070. The maximum atomic E-state index is 13.6. The van der Waals surface area contributed by atoms with E-state index in [0.717, 1.165) is 37.1 Å². The maximum absolute atomic E-state index is 13.6. The van der Waals surface area contributed by atoms with Crippen molar-refractivity contribution >= 4 is 11.8 Å². The Balaban J connectivity index is 1.63. The van der Waals surface area contributed by atoms with Crippen molar-refractivity contribution in [2.75, 3.05) is 39.5 Å². The lowest BCUT2D eigenvalue weighted by Gasteiger charge is -2.37. The second-order valence-electron chi connectivity index (χ2n) is 8.36. The molecule has 0 radical (unpaired) electrons. The highest BCUT2D eigenvalue weighted by Gasteiger charge is 2.57. The SMILES string of the molecule is C=CC(=C\C=C(/N)N1CCOCC1)/C=C1\CCCN2C1=NOC2(C(=O)OCC)c1ccc(F)cc1. The van der Waals surface area contributed by atoms with Gasteiger partial charge < -0.3 is 29.8 Å². The van der Waals surface area contributed by atoms with Gasteiger partial charge in [-0.15, -0.1) is 0 Å². The van der Waals surface area contributed by atoms with Crippen LogP contribution < -0.4 is 5.73 Å². The second kappa shape index (κ2) is 10.8. The number of oxime groups is 1. The fraction of sp³-hybridized carbons (Fsp3) is 0.385. The first kappa shape index (κ1) is 24.5. The number of amidine groups is 1. The molecule has 0 bridgehead atoms. The molecular formula is C26H31FN4O4. The number of halogens is 1. The van der Waals surface area contributed by atoms with Crippen molar-refractivity contribution in [1.82, 2.24) is 9.80 Å². The Morgan fingerprint density at radius 3 is 2.69 bits per heavy atom. The Hall–Kier alpha value is -3.59. The molecule has 8 nitrogen and oxygen atoms in total. The first-order valence-electron chi connectivity index (χ1n) is 11.8. The molecule has 3 heterocycles. The fourth-order valence-corrected chi connectivity index (χ4v) is 4.39. The molecule has 1 aromatic carbocycles. The number of hydrogen-bond donors (Lipinski definition) is 1. The van der Waals surface area contributed by atoms with E-state index in [1.165, 1.54) is 24.3 Å². The molecule has 2 N–H and O–H groups in total. The monoisotopic (exact) mass is 482 g/mol. The molecule has 0 aromatic heterocycles. The predicted molar refractivity (Wildman–Crippen MR) is 130 cm³/mol. The van der Waals surface area contributed by atoms with Crippen LogP contribution in [-0.4, -0.2) is 61.1 Å². The molecule has 0 aliphatic carbocycles. The standard InChI is InChI=1S/C26H31FN4O4/c1-3-19(7-12-23(28)30-14-16-33-17-15-30)18-20-6-5-13-31-24(20)29-35-26(31,25(32)34-4-2)21-8-10-22(27)11-9-21/h3,7-12,18H,1,4-6,13-17,28H2,2H3/b19-7+,20-18+,23-12+. The van der Waals surface area contributed by atoms with Crippen molar-refractivity contribution < 1.29 is 23.5 Å². The summed E-state index contributed by atoms with van der Waals surface area (Å²) in [6.45, 7) is 9.18. The van der Waals surface area contributed by atoms with Crippen LogP contribution in [0.5, 0.6) is 0 Å². The molecule has 1 unspecified atom stereocenters. The van der Waals surface area contributed by atoms with Crippen LogP contribution in [0.3, 0.4) is 0 Å². The van der Waals surface area contributed by atoms with E-state index in [2.05, 4.69) is 16.6 Å². The normalized spacial score (nSPS) is 24.1. The van der Waals surface area contributed by atoms with Gasteiger partial charge in [-0.05, 0) is 67.3 Å². The van der Waals surface area contributed by atoms with E-state index in [1.54, 1.807) is 17.9 Å². The Morgan fingerprint density at radius 1 is 1.26 bits per heavy atom. The van der Waals surface area contributed by atoms with Crippen molar-refractivity contribution in [2.45, 2.75) is 25.5 Å². The van der Waals surface area contributed by atoms with E-state index in [1.807, 2.05) is 18.2 Å². The number of nitrogens with zero attached hydrogens (tertiary/aromatic N) is 3. The number of piperidine rings is 1. The van der Waals surface area contributed by atoms with E-state index in [4.69, 9.17) is 20.0 Å². The third-order valence-corrected chi connectivity index (χ3v) is 6.20. The maximum Gasteiger partial charge on any atom is 0.380 e. The Labute approximate surface area is 204 Å². The molecule has 35 heavy (non-hydrogen) atoms. The first-order chi connectivity index (χ1) is 17.0. The minimum absolute atomic E-state index is 0.178. The smallest absolute Gasteiger partial charge is 0.380 e. The zero-order valence-electron chi connectivity index (χ0n) is 19.9. The number of allylic oxidation sites excluding steroid dienone is 5. The van der Waals surface area contributed by atoms with Crippen molar-refractivity contribution in [3.05, 3.63) is 83.5 Å². The van der Waals surface area contributed by atoms with Gasteiger partial charge in [0.25, 0.3) is 0 Å². The molecule has 1 atom stereocenters. The molecular weight excluding hydrogens is 451 g/mol. The van der Waals surface area contributed by atoms with E-state index in [9.17, 15) is 9.18 Å². The number of morpholine rings is 1. The molecule has 186 valence electrons. The average molecular weight is 483 g/mol. The molecule has 0 spiro atoms. The van der Waals surface area contributed by atoms with Crippen LogP contribution in [0.2, 0.25) is 0 Å². The lowest BCUT2D eigenvalue weighted by molar-refractivity contribution is -0.189. The molecule has 4 rings (SSSR count). The predicted octanol–water partition coefficient (Wildman–Crippen LogP) is 3.15. The van der Waals surface area contributed by atoms with Gasteiger partial charge >= 0.3 is 11.7 Å². The summed E-state index contributed by atoms with van der Waals surface area (Å²) in [6.07, 6.45) is 8.98.